The third-order valence-electron chi connectivity index (χ3n) is 3.96. The van der Waals surface area contributed by atoms with E-state index in [2.05, 4.69) is 72.5 Å². The predicted octanol–water partition coefficient (Wildman–Crippen LogP) is 5.20. The number of hydrogen-bond acceptors (Lipinski definition) is 2. The van der Waals surface area contributed by atoms with E-state index in [0.29, 0.717) is 0 Å². The molecule has 0 saturated carbocycles. The molecule has 124 valence electrons. The van der Waals surface area contributed by atoms with Gasteiger partial charge in [0.1, 0.15) is 0 Å². The smallest absolute Gasteiger partial charge is 0.0452 e. The molecule has 0 radical (unpaired) electrons. The first-order valence-corrected chi connectivity index (χ1v) is 8.22. The van der Waals surface area contributed by atoms with Gasteiger partial charge >= 0.3 is 0 Å². The Morgan fingerprint density at radius 2 is 0.917 bits per heavy atom. The van der Waals surface area contributed by atoms with Crippen molar-refractivity contribution < 1.29 is 0 Å². The van der Waals surface area contributed by atoms with Gasteiger partial charge in [-0.05, 0) is 12.1 Å². The summed E-state index contributed by atoms with van der Waals surface area (Å²) < 4.78 is 0. The van der Waals surface area contributed by atoms with Crippen LogP contribution in [-0.2, 0) is 0 Å². The largest absolute Gasteiger partial charge is 0.364 e. The van der Waals surface area contributed by atoms with E-state index < -0.39 is 0 Å². The summed E-state index contributed by atoms with van der Waals surface area (Å²) >= 11 is 0. The second-order valence-corrected chi connectivity index (χ2v) is 5.61. The molecular formula is C22H26N2. The highest BCUT2D eigenvalue weighted by Gasteiger charge is 2.12. The van der Waals surface area contributed by atoms with E-state index in [1.54, 1.807) is 0 Å². The van der Waals surface area contributed by atoms with Crippen LogP contribution in [0.25, 0.3) is 10.8 Å². The molecular weight excluding hydrogens is 292 g/mol. The maximum absolute atomic E-state index is 3.88. The van der Waals surface area contributed by atoms with Gasteiger partial charge in [-0.2, -0.15) is 0 Å². The van der Waals surface area contributed by atoms with Crippen molar-refractivity contribution in [1.29, 1.82) is 0 Å². The van der Waals surface area contributed by atoms with Crippen LogP contribution in [0.3, 0.4) is 0 Å². The van der Waals surface area contributed by atoms with Gasteiger partial charge in [-0.1, -0.05) is 48.6 Å². The van der Waals surface area contributed by atoms with Crippen LogP contribution in [0.15, 0.2) is 87.0 Å². The van der Waals surface area contributed by atoms with Crippen molar-refractivity contribution >= 4 is 22.1 Å². The molecule has 0 aliphatic rings. The molecule has 0 heterocycles. The summed E-state index contributed by atoms with van der Waals surface area (Å²) in [4.78, 5) is 4.55. The van der Waals surface area contributed by atoms with Crippen molar-refractivity contribution in [1.82, 2.24) is 0 Å². The van der Waals surface area contributed by atoms with Gasteiger partial charge in [0, 0.05) is 48.3 Å². The Bertz CT molecular complexity index is 647. The van der Waals surface area contributed by atoms with E-state index >= 15 is 0 Å². The molecule has 0 aliphatic carbocycles. The van der Waals surface area contributed by atoms with E-state index in [-0.39, 0.29) is 0 Å². The van der Waals surface area contributed by atoms with Gasteiger partial charge in [0.05, 0.1) is 0 Å². The summed E-state index contributed by atoms with van der Waals surface area (Å²) in [5, 5.41) is 2.47. The highest BCUT2D eigenvalue weighted by atomic mass is 15.1. The average Bonchev–Trinajstić information content (AvgIpc) is 2.60. The van der Waals surface area contributed by atoms with Gasteiger partial charge < -0.3 is 9.80 Å². The van der Waals surface area contributed by atoms with Crippen LogP contribution in [0.1, 0.15) is 0 Å². The topological polar surface area (TPSA) is 6.48 Å². The second-order valence-electron chi connectivity index (χ2n) is 5.61. The molecule has 0 atom stereocenters. The molecule has 0 saturated heterocycles. The number of nitrogens with zero attached hydrogens (tertiary/aromatic N) is 2. The highest BCUT2D eigenvalue weighted by Crippen LogP contribution is 2.33. The normalized spacial score (nSPS) is 10.2. The molecule has 0 fully saturated rings. The van der Waals surface area contributed by atoms with Gasteiger partial charge in [0.25, 0.3) is 0 Å². The Morgan fingerprint density at radius 3 is 1.21 bits per heavy atom. The molecule has 0 aromatic heterocycles. The van der Waals surface area contributed by atoms with Crippen molar-refractivity contribution in [3.8, 4) is 0 Å². The molecule has 0 N–H and O–H groups in total. The SMILES string of the molecule is C=CCN(CC=C)c1cccc2c(N(CC=C)CC=C)cccc12. The first kappa shape index (κ1) is 17.6. The summed E-state index contributed by atoms with van der Waals surface area (Å²) in [5.74, 6) is 0. The summed E-state index contributed by atoms with van der Waals surface area (Å²) in [7, 11) is 0. The summed E-state index contributed by atoms with van der Waals surface area (Å²) in [6, 6.07) is 12.9. The van der Waals surface area contributed by atoms with Crippen LogP contribution >= 0.6 is 0 Å². The van der Waals surface area contributed by atoms with Crippen LogP contribution in [0.4, 0.5) is 11.4 Å². The molecule has 2 nitrogen and oxygen atoms in total. The van der Waals surface area contributed by atoms with Crippen molar-refractivity contribution in [2.24, 2.45) is 0 Å². The monoisotopic (exact) mass is 318 g/mol. The number of fused-ring (bicyclic) bond motifs is 1. The highest BCUT2D eigenvalue weighted by molar-refractivity contribution is 6.02. The fraction of sp³-hybridized carbons (Fsp3) is 0.182. The minimum absolute atomic E-state index is 0.790. The predicted molar refractivity (Wildman–Crippen MR) is 109 cm³/mol. The second kappa shape index (κ2) is 8.78. The Kier molecular flexibility index (Phi) is 6.44. The average molecular weight is 318 g/mol. The Labute approximate surface area is 145 Å². The third kappa shape index (κ3) is 3.77. The molecule has 2 heteroatoms. The van der Waals surface area contributed by atoms with E-state index in [0.717, 1.165) is 26.2 Å². The number of hydrogen-bond donors (Lipinski definition) is 0. The van der Waals surface area contributed by atoms with Gasteiger partial charge in [-0.15, -0.1) is 26.3 Å². The first-order chi connectivity index (χ1) is 11.8. The van der Waals surface area contributed by atoms with Crippen LogP contribution < -0.4 is 9.80 Å². The molecule has 2 aromatic carbocycles. The Morgan fingerprint density at radius 1 is 0.583 bits per heavy atom. The lowest BCUT2D eigenvalue weighted by atomic mass is 10.0. The number of anilines is 2. The van der Waals surface area contributed by atoms with Crippen LogP contribution in [-0.4, -0.2) is 26.2 Å². The van der Waals surface area contributed by atoms with Gasteiger partial charge in [-0.3, -0.25) is 0 Å². The van der Waals surface area contributed by atoms with Crippen molar-refractivity contribution in [2.45, 2.75) is 0 Å². The Balaban J connectivity index is 2.59. The first-order valence-electron chi connectivity index (χ1n) is 8.22. The molecule has 0 aliphatic heterocycles. The fourth-order valence-corrected chi connectivity index (χ4v) is 2.99. The zero-order valence-electron chi connectivity index (χ0n) is 14.3. The maximum atomic E-state index is 3.88. The molecule has 0 amide bonds. The maximum Gasteiger partial charge on any atom is 0.0452 e. The number of benzene rings is 2. The van der Waals surface area contributed by atoms with E-state index in [4.69, 9.17) is 0 Å². The summed E-state index contributed by atoms with van der Waals surface area (Å²) in [5.41, 5.74) is 2.40. The Hall–Kier alpha value is -2.74. The van der Waals surface area contributed by atoms with Gasteiger partial charge in [-0.25, -0.2) is 0 Å². The molecule has 24 heavy (non-hydrogen) atoms. The van der Waals surface area contributed by atoms with Crippen molar-refractivity contribution in [3.05, 3.63) is 87.0 Å². The lowest BCUT2D eigenvalue weighted by molar-refractivity contribution is 0.957. The summed E-state index contributed by atoms with van der Waals surface area (Å²) in [6.45, 7) is 18.7. The number of rotatable bonds is 10. The molecule has 2 aromatic rings. The van der Waals surface area contributed by atoms with Crippen LogP contribution in [0, 0.1) is 0 Å². The zero-order valence-corrected chi connectivity index (χ0v) is 14.3. The van der Waals surface area contributed by atoms with Gasteiger partial charge in [0.15, 0.2) is 0 Å². The zero-order chi connectivity index (χ0) is 17.4. The molecule has 0 bridgehead atoms. The minimum atomic E-state index is 0.790. The molecule has 2 rings (SSSR count). The van der Waals surface area contributed by atoms with Crippen molar-refractivity contribution in [2.75, 3.05) is 36.0 Å². The lowest BCUT2D eigenvalue weighted by Crippen LogP contribution is -2.24. The summed E-state index contributed by atoms with van der Waals surface area (Å²) in [6.07, 6.45) is 7.70. The fourth-order valence-electron chi connectivity index (χ4n) is 2.99. The minimum Gasteiger partial charge on any atom is -0.364 e. The van der Waals surface area contributed by atoms with Crippen LogP contribution in [0.5, 0.6) is 0 Å². The van der Waals surface area contributed by atoms with Gasteiger partial charge in [0.2, 0.25) is 0 Å². The standard InChI is InChI=1S/C22H26N2/c1-5-15-23(16-6-2)21-13-9-12-20-19(21)11-10-14-22(20)24(17-7-3)18-8-4/h5-14H,1-4,15-18H2. The van der Waals surface area contributed by atoms with Crippen LogP contribution in [0.2, 0.25) is 0 Å². The molecule has 0 unspecified atom stereocenters. The van der Waals surface area contributed by atoms with E-state index in [9.17, 15) is 0 Å². The third-order valence-corrected chi connectivity index (χ3v) is 3.96. The lowest BCUT2D eigenvalue weighted by Gasteiger charge is -2.27. The quantitative estimate of drug-likeness (QED) is 0.556. The van der Waals surface area contributed by atoms with Crippen molar-refractivity contribution in [3.63, 3.8) is 0 Å². The van der Waals surface area contributed by atoms with E-state index in [1.807, 2.05) is 24.3 Å². The molecule has 0 spiro atoms. The van der Waals surface area contributed by atoms with E-state index in [1.165, 1.54) is 22.1 Å².